The van der Waals surface area contributed by atoms with Gasteiger partial charge in [-0.05, 0) is 47.8 Å². The van der Waals surface area contributed by atoms with Gasteiger partial charge in [-0.1, -0.05) is 48.5 Å². The highest BCUT2D eigenvalue weighted by Gasteiger charge is 2.42. The Morgan fingerprint density at radius 3 is 1.67 bits per heavy atom. The van der Waals surface area contributed by atoms with Gasteiger partial charge in [-0.25, -0.2) is 0 Å². The summed E-state index contributed by atoms with van der Waals surface area (Å²) in [5.74, 6) is 4.60. The van der Waals surface area contributed by atoms with Crippen molar-refractivity contribution in [2.45, 2.75) is 61.3 Å². The van der Waals surface area contributed by atoms with Crippen LogP contribution >= 0.6 is 0 Å². The highest BCUT2D eigenvalue weighted by Crippen LogP contribution is 2.50. The third-order valence-electron chi connectivity index (χ3n) is 4.56. The van der Waals surface area contributed by atoms with Gasteiger partial charge < -0.3 is 0 Å². The second-order valence-corrected chi connectivity index (χ2v) is 7.36. The average molecular weight is 210 g/mol. The Kier molecular flexibility index (Phi) is 3.90. The first kappa shape index (κ1) is 13.1. The van der Waals surface area contributed by atoms with Gasteiger partial charge in [-0.2, -0.15) is 0 Å². The lowest BCUT2D eigenvalue weighted by molar-refractivity contribution is 0.151. The van der Waals surface area contributed by atoms with Gasteiger partial charge in [0.25, 0.3) is 0 Å². The van der Waals surface area contributed by atoms with Crippen LogP contribution in [-0.2, 0) is 0 Å². The Bertz CT molecular complexity index is 195. The molecule has 0 amide bonds. The zero-order chi connectivity index (χ0) is 11.8. The molecule has 1 saturated carbocycles. The van der Waals surface area contributed by atoms with Crippen LogP contribution in [0, 0.1) is 35.0 Å². The van der Waals surface area contributed by atoms with E-state index in [9.17, 15) is 0 Å². The second kappa shape index (κ2) is 4.47. The van der Waals surface area contributed by atoms with Gasteiger partial charge in [0.15, 0.2) is 0 Å². The minimum Gasteiger partial charge on any atom is -0.0625 e. The van der Waals surface area contributed by atoms with Crippen molar-refractivity contribution in [2.24, 2.45) is 35.0 Å². The molecular formula is C15H30. The quantitative estimate of drug-likeness (QED) is 0.602. The molecule has 3 unspecified atom stereocenters. The Morgan fingerprint density at radius 2 is 1.40 bits per heavy atom. The summed E-state index contributed by atoms with van der Waals surface area (Å²) in [6, 6.07) is 0. The molecule has 90 valence electrons. The Labute approximate surface area is 96.8 Å². The molecule has 3 atom stereocenters. The lowest BCUT2D eigenvalue weighted by atomic mass is 9.71. The Hall–Kier alpha value is 0. The zero-order valence-corrected chi connectivity index (χ0v) is 11.8. The van der Waals surface area contributed by atoms with Crippen LogP contribution in [0.5, 0.6) is 0 Å². The fourth-order valence-electron chi connectivity index (χ4n) is 3.39. The van der Waals surface area contributed by atoms with E-state index in [2.05, 4.69) is 48.5 Å². The summed E-state index contributed by atoms with van der Waals surface area (Å²) < 4.78 is 0. The van der Waals surface area contributed by atoms with Gasteiger partial charge in [0.05, 0.1) is 0 Å². The molecule has 1 rings (SSSR count). The first-order valence-corrected chi connectivity index (χ1v) is 6.73. The monoisotopic (exact) mass is 210 g/mol. The first-order chi connectivity index (χ1) is 6.73. The minimum atomic E-state index is 0.499. The molecule has 1 aliphatic rings. The van der Waals surface area contributed by atoms with Gasteiger partial charge in [0, 0.05) is 0 Å². The van der Waals surface area contributed by atoms with E-state index in [0.717, 1.165) is 29.6 Å². The molecule has 0 N–H and O–H groups in total. The predicted octanol–water partition coefficient (Wildman–Crippen LogP) is 4.99. The molecule has 0 heteroatoms. The molecule has 1 fully saturated rings. The van der Waals surface area contributed by atoms with Crippen LogP contribution < -0.4 is 0 Å². The molecule has 0 spiro atoms. The molecule has 0 heterocycles. The molecule has 1 aliphatic carbocycles. The van der Waals surface area contributed by atoms with Crippen molar-refractivity contribution >= 4 is 0 Å². The van der Waals surface area contributed by atoms with Crippen molar-refractivity contribution in [3.05, 3.63) is 0 Å². The molecule has 15 heavy (non-hydrogen) atoms. The molecule has 0 saturated heterocycles. The third-order valence-corrected chi connectivity index (χ3v) is 4.56. The van der Waals surface area contributed by atoms with Crippen LogP contribution in [-0.4, -0.2) is 0 Å². The van der Waals surface area contributed by atoms with Crippen molar-refractivity contribution in [3.8, 4) is 0 Å². The molecule has 0 nitrogen and oxygen atoms in total. The normalized spacial score (nSPS) is 33.0. The number of hydrogen-bond donors (Lipinski definition) is 0. The maximum absolute atomic E-state index is 2.43. The van der Waals surface area contributed by atoms with E-state index in [0.29, 0.717) is 5.41 Å². The van der Waals surface area contributed by atoms with Crippen LogP contribution in [0.4, 0.5) is 0 Å². The van der Waals surface area contributed by atoms with Crippen LogP contribution in [0.15, 0.2) is 0 Å². The van der Waals surface area contributed by atoms with Crippen molar-refractivity contribution in [3.63, 3.8) is 0 Å². The fraction of sp³-hybridized carbons (Fsp3) is 1.00. The summed E-state index contributed by atoms with van der Waals surface area (Å²) >= 11 is 0. The molecule has 0 aromatic heterocycles. The summed E-state index contributed by atoms with van der Waals surface area (Å²) in [5, 5.41) is 0. The van der Waals surface area contributed by atoms with Crippen LogP contribution in [0.3, 0.4) is 0 Å². The fourth-order valence-corrected chi connectivity index (χ4v) is 3.39. The van der Waals surface area contributed by atoms with Gasteiger partial charge in [0.2, 0.25) is 0 Å². The predicted molar refractivity (Wildman–Crippen MR) is 68.8 cm³/mol. The highest BCUT2D eigenvalue weighted by atomic mass is 14.5. The molecule has 0 aromatic rings. The van der Waals surface area contributed by atoms with Gasteiger partial charge in [-0.3, -0.25) is 0 Å². The molecular weight excluding hydrogens is 180 g/mol. The summed E-state index contributed by atoms with van der Waals surface area (Å²) in [7, 11) is 0. The maximum atomic E-state index is 2.43. The van der Waals surface area contributed by atoms with Gasteiger partial charge in [0.1, 0.15) is 0 Å². The van der Waals surface area contributed by atoms with E-state index >= 15 is 0 Å². The average Bonchev–Trinajstić information content (AvgIpc) is 2.45. The van der Waals surface area contributed by atoms with Crippen molar-refractivity contribution in [1.82, 2.24) is 0 Å². The summed E-state index contributed by atoms with van der Waals surface area (Å²) in [5.41, 5.74) is 0.499. The third kappa shape index (κ3) is 2.98. The van der Waals surface area contributed by atoms with E-state index in [1.807, 2.05) is 0 Å². The Balaban J connectivity index is 2.77. The van der Waals surface area contributed by atoms with E-state index < -0.39 is 0 Å². The number of rotatable bonds is 2. The Morgan fingerprint density at radius 1 is 0.867 bits per heavy atom. The minimum absolute atomic E-state index is 0.499. The maximum Gasteiger partial charge on any atom is -0.0332 e. The van der Waals surface area contributed by atoms with E-state index in [1.165, 1.54) is 12.8 Å². The van der Waals surface area contributed by atoms with E-state index in [4.69, 9.17) is 0 Å². The second-order valence-electron chi connectivity index (χ2n) is 7.36. The molecule has 0 aliphatic heterocycles. The van der Waals surface area contributed by atoms with Crippen LogP contribution in [0.1, 0.15) is 61.3 Å². The largest absolute Gasteiger partial charge is 0.0625 e. The van der Waals surface area contributed by atoms with Crippen LogP contribution in [0.2, 0.25) is 0 Å². The van der Waals surface area contributed by atoms with Crippen LogP contribution in [0.25, 0.3) is 0 Å². The zero-order valence-electron chi connectivity index (χ0n) is 11.8. The summed E-state index contributed by atoms with van der Waals surface area (Å²) in [6.07, 6.45) is 2.93. The lowest BCUT2D eigenvalue weighted by Gasteiger charge is -2.34. The standard InChI is InChI=1S/C15H30/c1-10(2)12-8-13(11(3)4)14(9-12)15(5,6)7/h10-14H,8-9H2,1-7H3. The molecule has 0 bridgehead atoms. The van der Waals surface area contributed by atoms with Gasteiger partial charge in [-0.15, -0.1) is 0 Å². The van der Waals surface area contributed by atoms with E-state index in [1.54, 1.807) is 0 Å². The lowest BCUT2D eigenvalue weighted by Crippen LogP contribution is -2.26. The highest BCUT2D eigenvalue weighted by molar-refractivity contribution is 4.91. The summed E-state index contributed by atoms with van der Waals surface area (Å²) in [6.45, 7) is 16.9. The number of hydrogen-bond acceptors (Lipinski definition) is 0. The van der Waals surface area contributed by atoms with Crippen molar-refractivity contribution in [1.29, 1.82) is 0 Å². The van der Waals surface area contributed by atoms with E-state index in [-0.39, 0.29) is 0 Å². The van der Waals surface area contributed by atoms with Gasteiger partial charge >= 0.3 is 0 Å². The first-order valence-electron chi connectivity index (χ1n) is 6.73. The summed E-state index contributed by atoms with van der Waals surface area (Å²) in [4.78, 5) is 0. The molecule has 0 radical (unpaired) electrons. The smallest absolute Gasteiger partial charge is 0.0332 e. The topological polar surface area (TPSA) is 0 Å². The molecule has 0 aromatic carbocycles. The van der Waals surface area contributed by atoms with Crippen molar-refractivity contribution < 1.29 is 0 Å². The van der Waals surface area contributed by atoms with Crippen molar-refractivity contribution in [2.75, 3.05) is 0 Å². The SMILES string of the molecule is CC(C)C1CC(C(C)C)C(C(C)(C)C)C1.